The molecular formula is C14H25NO6. The number of carboxylic acids is 1. The third kappa shape index (κ3) is 7.08. The van der Waals surface area contributed by atoms with Crippen LogP contribution in [0, 0.1) is 0 Å². The molecule has 0 radical (unpaired) electrons. The second-order valence-corrected chi connectivity index (χ2v) is 6.87. The van der Waals surface area contributed by atoms with Gasteiger partial charge in [-0.25, -0.2) is 9.59 Å². The van der Waals surface area contributed by atoms with Gasteiger partial charge >= 0.3 is 17.9 Å². The SMILES string of the molecule is CC(C)(C)OC(=O)C(N)(CCC(=O)O)C(=O)OC(C)(C)C. The van der Waals surface area contributed by atoms with Gasteiger partial charge in [-0.3, -0.25) is 4.79 Å². The summed E-state index contributed by atoms with van der Waals surface area (Å²) in [5.41, 5.74) is 1.99. The fourth-order valence-corrected chi connectivity index (χ4v) is 1.33. The van der Waals surface area contributed by atoms with Crippen molar-refractivity contribution in [2.45, 2.75) is 71.1 Å². The maximum atomic E-state index is 12.2. The van der Waals surface area contributed by atoms with Crippen LogP contribution < -0.4 is 5.73 Å². The van der Waals surface area contributed by atoms with Crippen LogP contribution in [-0.2, 0) is 23.9 Å². The highest BCUT2D eigenvalue weighted by Gasteiger charge is 2.48. The Balaban J connectivity index is 5.31. The van der Waals surface area contributed by atoms with E-state index in [0.29, 0.717) is 0 Å². The van der Waals surface area contributed by atoms with Crippen LogP contribution >= 0.6 is 0 Å². The second kappa shape index (κ2) is 6.43. The molecule has 0 aliphatic heterocycles. The Labute approximate surface area is 124 Å². The van der Waals surface area contributed by atoms with E-state index in [1.165, 1.54) is 0 Å². The molecule has 7 nitrogen and oxygen atoms in total. The standard InChI is InChI=1S/C14H25NO6/c1-12(2,3)20-10(18)14(15,8-7-9(16)17)11(19)21-13(4,5)6/h7-8,15H2,1-6H3,(H,16,17). The summed E-state index contributed by atoms with van der Waals surface area (Å²) in [5, 5.41) is 8.75. The van der Waals surface area contributed by atoms with E-state index >= 15 is 0 Å². The molecule has 0 aliphatic rings. The summed E-state index contributed by atoms with van der Waals surface area (Å²) in [6, 6.07) is 0. The van der Waals surface area contributed by atoms with E-state index in [4.69, 9.17) is 20.3 Å². The van der Waals surface area contributed by atoms with Gasteiger partial charge in [-0.15, -0.1) is 0 Å². The Morgan fingerprint density at radius 3 is 1.48 bits per heavy atom. The number of rotatable bonds is 5. The molecule has 0 fully saturated rings. The summed E-state index contributed by atoms with van der Waals surface area (Å²) in [7, 11) is 0. The first-order valence-electron chi connectivity index (χ1n) is 6.65. The molecule has 0 spiro atoms. The average Bonchev–Trinajstić information content (AvgIpc) is 2.20. The van der Waals surface area contributed by atoms with E-state index in [2.05, 4.69) is 0 Å². The van der Waals surface area contributed by atoms with Gasteiger partial charge in [0.15, 0.2) is 0 Å². The Hall–Kier alpha value is -1.63. The second-order valence-electron chi connectivity index (χ2n) is 6.87. The molecule has 0 amide bonds. The minimum absolute atomic E-state index is 0.397. The van der Waals surface area contributed by atoms with Crippen molar-refractivity contribution < 1.29 is 29.0 Å². The molecule has 0 atom stereocenters. The van der Waals surface area contributed by atoms with Gasteiger partial charge in [0, 0.05) is 6.42 Å². The van der Waals surface area contributed by atoms with E-state index in [1.54, 1.807) is 41.5 Å². The minimum atomic E-state index is -2.14. The number of aliphatic carboxylic acids is 1. The van der Waals surface area contributed by atoms with Crippen molar-refractivity contribution in [1.82, 2.24) is 0 Å². The van der Waals surface area contributed by atoms with Gasteiger partial charge in [0.2, 0.25) is 5.54 Å². The molecule has 0 bridgehead atoms. The number of carbonyl (C=O) groups excluding carboxylic acids is 2. The summed E-state index contributed by atoms with van der Waals surface area (Å²) in [6.45, 7) is 9.74. The van der Waals surface area contributed by atoms with Crippen molar-refractivity contribution >= 4 is 17.9 Å². The monoisotopic (exact) mass is 303 g/mol. The zero-order valence-corrected chi connectivity index (χ0v) is 13.5. The summed E-state index contributed by atoms with van der Waals surface area (Å²) in [4.78, 5) is 35.1. The van der Waals surface area contributed by atoms with Crippen LogP contribution in [0.3, 0.4) is 0 Å². The maximum absolute atomic E-state index is 12.2. The summed E-state index contributed by atoms with van der Waals surface area (Å²) < 4.78 is 10.2. The molecule has 0 saturated carbocycles. The van der Waals surface area contributed by atoms with Crippen molar-refractivity contribution in [3.05, 3.63) is 0 Å². The van der Waals surface area contributed by atoms with Crippen LogP contribution in [0.25, 0.3) is 0 Å². The number of carboxylic acid groups (broad SMARTS) is 1. The van der Waals surface area contributed by atoms with Crippen LogP contribution in [0.15, 0.2) is 0 Å². The van der Waals surface area contributed by atoms with Crippen LogP contribution in [0.5, 0.6) is 0 Å². The number of nitrogens with two attached hydrogens (primary N) is 1. The highest BCUT2D eigenvalue weighted by atomic mass is 16.6. The molecule has 7 heteroatoms. The van der Waals surface area contributed by atoms with Gasteiger partial charge in [0.1, 0.15) is 11.2 Å². The molecule has 0 saturated heterocycles. The summed E-state index contributed by atoms with van der Waals surface area (Å²) in [6.07, 6.45) is -0.846. The fourth-order valence-electron chi connectivity index (χ4n) is 1.33. The first-order valence-corrected chi connectivity index (χ1v) is 6.65. The van der Waals surface area contributed by atoms with Crippen molar-refractivity contribution in [3.8, 4) is 0 Å². The topological polar surface area (TPSA) is 116 Å². The molecular weight excluding hydrogens is 278 g/mol. The van der Waals surface area contributed by atoms with Crippen LogP contribution in [0.1, 0.15) is 54.4 Å². The lowest BCUT2D eigenvalue weighted by molar-refractivity contribution is -0.177. The largest absolute Gasteiger partial charge is 0.481 e. The van der Waals surface area contributed by atoms with E-state index in [-0.39, 0.29) is 0 Å². The smallest absolute Gasteiger partial charge is 0.338 e. The van der Waals surface area contributed by atoms with Crippen LogP contribution in [0.2, 0.25) is 0 Å². The molecule has 0 rings (SSSR count). The van der Waals surface area contributed by atoms with Crippen LogP contribution in [0.4, 0.5) is 0 Å². The van der Waals surface area contributed by atoms with Crippen molar-refractivity contribution in [3.63, 3.8) is 0 Å². The van der Waals surface area contributed by atoms with Crippen molar-refractivity contribution in [2.75, 3.05) is 0 Å². The third-order valence-electron chi connectivity index (χ3n) is 2.26. The van der Waals surface area contributed by atoms with Gasteiger partial charge in [-0.1, -0.05) is 0 Å². The number of carbonyl (C=O) groups is 3. The quantitative estimate of drug-likeness (QED) is 0.579. The molecule has 0 unspecified atom stereocenters. The van der Waals surface area contributed by atoms with Gasteiger partial charge in [0.25, 0.3) is 0 Å². The Morgan fingerprint density at radius 1 is 0.905 bits per heavy atom. The molecule has 21 heavy (non-hydrogen) atoms. The lowest BCUT2D eigenvalue weighted by Crippen LogP contribution is -2.59. The van der Waals surface area contributed by atoms with E-state index in [0.717, 1.165) is 0 Å². The Bertz CT molecular complexity index is 388. The number of esters is 2. The molecule has 0 aromatic carbocycles. The predicted molar refractivity (Wildman–Crippen MR) is 75.5 cm³/mol. The molecule has 0 aromatic rings. The van der Waals surface area contributed by atoms with E-state index in [1.807, 2.05) is 0 Å². The highest BCUT2D eigenvalue weighted by Crippen LogP contribution is 2.21. The van der Waals surface area contributed by atoms with Gasteiger partial charge < -0.3 is 20.3 Å². The normalized spacial score (nSPS) is 12.7. The number of hydrogen-bond donors (Lipinski definition) is 2. The predicted octanol–water partition coefficient (Wildman–Crippen LogP) is 1.23. The van der Waals surface area contributed by atoms with Gasteiger partial charge in [-0.05, 0) is 48.0 Å². The van der Waals surface area contributed by atoms with Gasteiger partial charge in [0.05, 0.1) is 0 Å². The van der Waals surface area contributed by atoms with E-state index in [9.17, 15) is 14.4 Å². The molecule has 0 heterocycles. The lowest BCUT2D eigenvalue weighted by atomic mass is 9.94. The minimum Gasteiger partial charge on any atom is -0.481 e. The Morgan fingerprint density at radius 2 is 1.24 bits per heavy atom. The molecule has 3 N–H and O–H groups in total. The lowest BCUT2D eigenvalue weighted by Gasteiger charge is -2.31. The third-order valence-corrected chi connectivity index (χ3v) is 2.26. The van der Waals surface area contributed by atoms with Crippen molar-refractivity contribution in [1.29, 1.82) is 0 Å². The fraction of sp³-hybridized carbons (Fsp3) is 0.786. The zero-order valence-electron chi connectivity index (χ0n) is 13.5. The average molecular weight is 303 g/mol. The van der Waals surface area contributed by atoms with Crippen molar-refractivity contribution in [2.24, 2.45) is 5.73 Å². The first-order chi connectivity index (χ1) is 9.17. The number of ether oxygens (including phenoxy) is 2. The highest BCUT2D eigenvalue weighted by molar-refractivity contribution is 6.05. The molecule has 122 valence electrons. The molecule has 0 aromatic heterocycles. The van der Waals surface area contributed by atoms with Crippen LogP contribution in [-0.4, -0.2) is 39.8 Å². The van der Waals surface area contributed by atoms with E-state index < -0.39 is 47.5 Å². The summed E-state index contributed by atoms with van der Waals surface area (Å²) >= 11 is 0. The first kappa shape index (κ1) is 19.4. The molecule has 0 aliphatic carbocycles. The number of hydrogen-bond acceptors (Lipinski definition) is 6. The zero-order chi connectivity index (χ0) is 17.1. The van der Waals surface area contributed by atoms with Gasteiger partial charge in [-0.2, -0.15) is 0 Å². The maximum Gasteiger partial charge on any atom is 0.338 e. The summed E-state index contributed by atoms with van der Waals surface area (Å²) in [5.74, 6) is -3.16. The Kier molecular flexibility index (Phi) is 5.93.